The number of carbonyl (C=O) groups is 2. The SMILES string of the molecule is Nc1nc(N)c(-c2ccc(NC(=O)CCC(=O)c3ccccc3)cc2)c(COCc2ccccc2)n1. The van der Waals surface area contributed by atoms with Crippen LogP contribution in [-0.2, 0) is 22.7 Å². The number of nitrogens with one attached hydrogen (secondary N) is 1. The molecule has 1 heterocycles. The predicted molar refractivity (Wildman–Crippen MR) is 140 cm³/mol. The number of ketones is 1. The van der Waals surface area contributed by atoms with E-state index in [1.807, 2.05) is 48.5 Å². The number of hydrogen-bond donors (Lipinski definition) is 3. The minimum atomic E-state index is -0.239. The number of anilines is 3. The van der Waals surface area contributed by atoms with Gasteiger partial charge >= 0.3 is 0 Å². The summed E-state index contributed by atoms with van der Waals surface area (Å²) < 4.78 is 5.85. The van der Waals surface area contributed by atoms with Crippen LogP contribution in [0.3, 0.4) is 0 Å². The second kappa shape index (κ2) is 11.7. The summed E-state index contributed by atoms with van der Waals surface area (Å²) >= 11 is 0. The Labute approximate surface area is 209 Å². The van der Waals surface area contributed by atoms with Crippen LogP contribution in [0.2, 0.25) is 0 Å². The molecule has 36 heavy (non-hydrogen) atoms. The van der Waals surface area contributed by atoms with E-state index < -0.39 is 0 Å². The van der Waals surface area contributed by atoms with E-state index in [1.54, 1.807) is 36.4 Å². The summed E-state index contributed by atoms with van der Waals surface area (Å²) in [5, 5.41) is 2.82. The normalized spacial score (nSPS) is 10.7. The summed E-state index contributed by atoms with van der Waals surface area (Å²) in [5.41, 5.74) is 16.2. The molecule has 4 aromatic rings. The highest BCUT2D eigenvalue weighted by Crippen LogP contribution is 2.30. The van der Waals surface area contributed by atoms with Gasteiger partial charge in [0.2, 0.25) is 11.9 Å². The summed E-state index contributed by atoms with van der Waals surface area (Å²) in [5.74, 6) is 0.0137. The number of nitrogen functional groups attached to an aromatic ring is 2. The Bertz CT molecular complexity index is 1330. The first-order valence-electron chi connectivity index (χ1n) is 11.5. The van der Waals surface area contributed by atoms with Gasteiger partial charge in [-0.05, 0) is 23.3 Å². The fraction of sp³-hybridized carbons (Fsp3) is 0.143. The van der Waals surface area contributed by atoms with Crippen LogP contribution in [0.1, 0.15) is 34.5 Å². The molecule has 5 N–H and O–H groups in total. The molecule has 0 saturated heterocycles. The van der Waals surface area contributed by atoms with E-state index in [4.69, 9.17) is 16.2 Å². The zero-order valence-corrected chi connectivity index (χ0v) is 19.7. The number of rotatable bonds is 10. The highest BCUT2D eigenvalue weighted by atomic mass is 16.5. The molecule has 0 saturated carbocycles. The highest BCUT2D eigenvalue weighted by Gasteiger charge is 2.15. The van der Waals surface area contributed by atoms with E-state index in [2.05, 4.69) is 15.3 Å². The third-order valence-corrected chi connectivity index (χ3v) is 5.51. The number of aromatic nitrogens is 2. The topological polar surface area (TPSA) is 133 Å². The zero-order valence-electron chi connectivity index (χ0n) is 19.7. The quantitative estimate of drug-likeness (QED) is 0.281. The summed E-state index contributed by atoms with van der Waals surface area (Å²) in [6.45, 7) is 0.622. The van der Waals surface area contributed by atoms with Crippen molar-refractivity contribution in [3.05, 3.63) is 102 Å². The first-order chi connectivity index (χ1) is 17.5. The van der Waals surface area contributed by atoms with Crippen molar-refractivity contribution in [1.82, 2.24) is 9.97 Å². The molecule has 0 aliphatic heterocycles. The predicted octanol–water partition coefficient (Wildman–Crippen LogP) is 4.63. The average Bonchev–Trinajstić information content (AvgIpc) is 2.89. The smallest absolute Gasteiger partial charge is 0.224 e. The fourth-order valence-corrected chi connectivity index (χ4v) is 3.74. The molecular weight excluding hydrogens is 454 g/mol. The Morgan fingerprint density at radius 3 is 2.14 bits per heavy atom. The maximum absolute atomic E-state index is 12.4. The Morgan fingerprint density at radius 1 is 0.778 bits per heavy atom. The Hall–Kier alpha value is -4.56. The molecule has 0 bridgehead atoms. The van der Waals surface area contributed by atoms with Gasteiger partial charge in [-0.3, -0.25) is 9.59 Å². The number of nitrogens with two attached hydrogens (primary N) is 2. The molecule has 0 radical (unpaired) electrons. The van der Waals surface area contributed by atoms with Gasteiger partial charge in [-0.15, -0.1) is 0 Å². The average molecular weight is 482 g/mol. The summed E-state index contributed by atoms with van der Waals surface area (Å²) in [6, 6.07) is 25.9. The van der Waals surface area contributed by atoms with Crippen molar-refractivity contribution in [1.29, 1.82) is 0 Å². The number of nitrogens with zero attached hydrogens (tertiary/aromatic N) is 2. The second-order valence-corrected chi connectivity index (χ2v) is 8.18. The van der Waals surface area contributed by atoms with Crippen LogP contribution in [0.25, 0.3) is 11.1 Å². The lowest BCUT2D eigenvalue weighted by molar-refractivity contribution is -0.116. The van der Waals surface area contributed by atoms with Crippen molar-refractivity contribution < 1.29 is 14.3 Å². The summed E-state index contributed by atoms with van der Waals surface area (Å²) in [7, 11) is 0. The Balaban J connectivity index is 1.39. The van der Waals surface area contributed by atoms with Gasteiger partial charge in [0.05, 0.1) is 18.9 Å². The lowest BCUT2D eigenvalue weighted by Gasteiger charge is -2.13. The van der Waals surface area contributed by atoms with Crippen LogP contribution >= 0.6 is 0 Å². The third-order valence-electron chi connectivity index (χ3n) is 5.51. The van der Waals surface area contributed by atoms with Gasteiger partial charge in [0.1, 0.15) is 5.82 Å². The van der Waals surface area contributed by atoms with Gasteiger partial charge in [0, 0.05) is 29.7 Å². The minimum Gasteiger partial charge on any atom is -0.383 e. The number of carbonyl (C=O) groups excluding carboxylic acids is 2. The van der Waals surface area contributed by atoms with Gasteiger partial charge in [-0.2, -0.15) is 4.98 Å². The molecular formula is C28H27N5O3. The number of benzene rings is 3. The maximum Gasteiger partial charge on any atom is 0.224 e. The van der Waals surface area contributed by atoms with Crippen molar-refractivity contribution in [2.45, 2.75) is 26.1 Å². The molecule has 0 fully saturated rings. The van der Waals surface area contributed by atoms with Crippen LogP contribution in [0.5, 0.6) is 0 Å². The Kier molecular flexibility index (Phi) is 8.00. The van der Waals surface area contributed by atoms with Gasteiger partial charge in [-0.1, -0.05) is 72.8 Å². The van der Waals surface area contributed by atoms with E-state index in [9.17, 15) is 9.59 Å². The third kappa shape index (κ3) is 6.52. The largest absolute Gasteiger partial charge is 0.383 e. The van der Waals surface area contributed by atoms with Crippen molar-refractivity contribution >= 4 is 29.1 Å². The van der Waals surface area contributed by atoms with Crippen LogP contribution in [0.15, 0.2) is 84.9 Å². The van der Waals surface area contributed by atoms with Crippen molar-refractivity contribution in [3.63, 3.8) is 0 Å². The first kappa shape index (κ1) is 24.6. The van der Waals surface area contributed by atoms with E-state index >= 15 is 0 Å². The van der Waals surface area contributed by atoms with Crippen molar-refractivity contribution in [3.8, 4) is 11.1 Å². The van der Waals surface area contributed by atoms with E-state index in [-0.39, 0.29) is 42.9 Å². The van der Waals surface area contributed by atoms with Crippen LogP contribution in [0.4, 0.5) is 17.5 Å². The second-order valence-electron chi connectivity index (χ2n) is 8.18. The highest BCUT2D eigenvalue weighted by molar-refractivity contribution is 6.00. The molecule has 8 heteroatoms. The van der Waals surface area contributed by atoms with Crippen LogP contribution in [-0.4, -0.2) is 21.7 Å². The van der Waals surface area contributed by atoms with Gasteiger partial charge in [0.25, 0.3) is 0 Å². The number of ether oxygens (including phenoxy) is 1. The zero-order chi connectivity index (χ0) is 25.3. The molecule has 0 atom stereocenters. The van der Waals surface area contributed by atoms with E-state index in [0.29, 0.717) is 29.1 Å². The number of hydrogen-bond acceptors (Lipinski definition) is 7. The molecule has 4 rings (SSSR count). The molecule has 182 valence electrons. The number of amides is 1. The molecule has 0 spiro atoms. The molecule has 0 aliphatic carbocycles. The fourth-order valence-electron chi connectivity index (χ4n) is 3.74. The molecule has 3 aromatic carbocycles. The molecule has 0 aliphatic rings. The van der Waals surface area contributed by atoms with E-state index in [1.165, 1.54) is 0 Å². The van der Waals surface area contributed by atoms with Crippen molar-refractivity contribution in [2.75, 3.05) is 16.8 Å². The van der Waals surface area contributed by atoms with Gasteiger partial charge in [-0.25, -0.2) is 4.98 Å². The van der Waals surface area contributed by atoms with Gasteiger partial charge in [0.15, 0.2) is 5.78 Å². The Morgan fingerprint density at radius 2 is 1.44 bits per heavy atom. The lowest BCUT2D eigenvalue weighted by Crippen LogP contribution is -2.13. The maximum atomic E-state index is 12.4. The number of Topliss-reactive ketones (excluding diaryl/α,β-unsaturated/α-hetero) is 1. The molecule has 1 aromatic heterocycles. The summed E-state index contributed by atoms with van der Waals surface area (Å²) in [4.78, 5) is 33.0. The minimum absolute atomic E-state index is 0.0677. The lowest BCUT2D eigenvalue weighted by atomic mass is 10.0. The van der Waals surface area contributed by atoms with Crippen molar-refractivity contribution in [2.24, 2.45) is 0 Å². The van der Waals surface area contributed by atoms with Gasteiger partial charge < -0.3 is 21.5 Å². The van der Waals surface area contributed by atoms with E-state index in [0.717, 1.165) is 11.1 Å². The van der Waals surface area contributed by atoms with Crippen LogP contribution in [0, 0.1) is 0 Å². The first-order valence-corrected chi connectivity index (χ1v) is 11.5. The van der Waals surface area contributed by atoms with Crippen LogP contribution < -0.4 is 16.8 Å². The molecule has 1 amide bonds. The monoisotopic (exact) mass is 481 g/mol. The summed E-state index contributed by atoms with van der Waals surface area (Å²) in [6.07, 6.45) is 0.233. The standard InChI is InChI=1S/C28H27N5O3/c29-27-26(23(32-28(30)33-27)18-36-17-19-7-3-1-4-8-19)21-11-13-22(14-12-21)31-25(35)16-15-24(34)20-9-5-2-6-10-20/h1-14H,15-18H2,(H,31,35)(H4,29,30,32,33). The molecule has 8 nitrogen and oxygen atoms in total. The molecule has 0 unspecified atom stereocenters.